The van der Waals surface area contributed by atoms with Crippen LogP contribution in [0.4, 0.5) is 0 Å². The Balaban J connectivity index is 2.38. The Morgan fingerprint density at radius 3 is 2.86 bits per heavy atom. The molecule has 0 radical (unpaired) electrons. The van der Waals surface area contributed by atoms with Gasteiger partial charge >= 0.3 is 0 Å². The zero-order valence-electron chi connectivity index (χ0n) is 8.66. The predicted molar refractivity (Wildman–Crippen MR) is 55.0 cm³/mol. The molecule has 1 fully saturated rings. The highest BCUT2D eigenvalue weighted by atomic mass is 16.5. The molecule has 0 aromatic rings. The molecule has 14 heavy (non-hydrogen) atoms. The molecule has 4 nitrogen and oxygen atoms in total. The molecule has 1 N–H and O–H groups in total. The highest BCUT2D eigenvalue weighted by Gasteiger charge is 2.28. The third-order valence-electron chi connectivity index (χ3n) is 2.36. The fourth-order valence-corrected chi connectivity index (χ4v) is 1.37. The lowest BCUT2D eigenvalue weighted by Crippen LogP contribution is -2.52. The molecule has 0 unspecified atom stereocenters. The van der Waals surface area contributed by atoms with Gasteiger partial charge in [0, 0.05) is 33.3 Å². The van der Waals surface area contributed by atoms with Gasteiger partial charge in [0.2, 0.25) is 5.91 Å². The van der Waals surface area contributed by atoms with Gasteiger partial charge in [0.25, 0.3) is 0 Å². The summed E-state index contributed by atoms with van der Waals surface area (Å²) in [6.45, 7) is 7.10. The van der Waals surface area contributed by atoms with Crippen LogP contribution >= 0.6 is 0 Å². The van der Waals surface area contributed by atoms with Gasteiger partial charge in [-0.15, -0.1) is 6.58 Å². The molecule has 1 saturated heterocycles. The molecule has 1 heterocycles. The maximum Gasteiger partial charge on any atom is 0.228 e. The number of carbonyl (C=O) groups excluding carboxylic acids is 1. The van der Waals surface area contributed by atoms with Crippen molar-refractivity contribution in [3.8, 4) is 0 Å². The fourth-order valence-electron chi connectivity index (χ4n) is 1.37. The van der Waals surface area contributed by atoms with Gasteiger partial charge in [0.05, 0.1) is 12.5 Å². The average molecular weight is 198 g/mol. The van der Waals surface area contributed by atoms with E-state index in [0.29, 0.717) is 19.7 Å². The lowest BCUT2D eigenvalue weighted by molar-refractivity contribution is -0.137. The van der Waals surface area contributed by atoms with Gasteiger partial charge in [-0.05, 0) is 0 Å². The number of methoxy groups -OCH3 is 1. The van der Waals surface area contributed by atoms with E-state index in [-0.39, 0.29) is 11.8 Å². The van der Waals surface area contributed by atoms with Crippen LogP contribution in [0.25, 0.3) is 0 Å². The number of nitrogens with zero attached hydrogens (tertiary/aromatic N) is 1. The number of ether oxygens (including phenoxy) is 1. The molecule has 0 atom stereocenters. The Hall–Kier alpha value is -0.870. The first-order chi connectivity index (χ1) is 6.79. The van der Waals surface area contributed by atoms with Crippen molar-refractivity contribution in [2.45, 2.75) is 0 Å². The monoisotopic (exact) mass is 198 g/mol. The van der Waals surface area contributed by atoms with E-state index in [1.54, 1.807) is 18.1 Å². The normalized spacial score (nSPS) is 16.1. The average Bonchev–Trinajstić information content (AvgIpc) is 2.09. The first kappa shape index (κ1) is 11.2. The molecule has 0 spiro atoms. The number of nitrogens with one attached hydrogen (secondary N) is 1. The smallest absolute Gasteiger partial charge is 0.228 e. The Bertz CT molecular complexity index is 202. The Morgan fingerprint density at radius 2 is 2.43 bits per heavy atom. The van der Waals surface area contributed by atoms with Crippen LogP contribution in [0, 0.1) is 5.92 Å². The summed E-state index contributed by atoms with van der Waals surface area (Å²) in [7, 11) is 1.64. The molecule has 0 aliphatic carbocycles. The first-order valence-electron chi connectivity index (χ1n) is 4.89. The van der Waals surface area contributed by atoms with E-state index in [9.17, 15) is 4.79 Å². The summed E-state index contributed by atoms with van der Waals surface area (Å²) >= 11 is 0. The minimum Gasteiger partial charge on any atom is -0.383 e. The summed E-state index contributed by atoms with van der Waals surface area (Å²) < 4.78 is 4.96. The Morgan fingerprint density at radius 1 is 1.71 bits per heavy atom. The lowest BCUT2D eigenvalue weighted by Gasteiger charge is -2.31. The van der Waals surface area contributed by atoms with Crippen molar-refractivity contribution in [3.05, 3.63) is 12.7 Å². The van der Waals surface area contributed by atoms with E-state index < -0.39 is 0 Å². The molecule has 1 aliphatic rings. The number of hydrogen-bond donors (Lipinski definition) is 1. The SMILES string of the molecule is C=CCN(CCOC)C(=O)C1CNC1. The zero-order chi connectivity index (χ0) is 10.4. The molecule has 1 amide bonds. The molecule has 0 saturated carbocycles. The zero-order valence-corrected chi connectivity index (χ0v) is 8.66. The first-order valence-corrected chi connectivity index (χ1v) is 4.89. The molecule has 1 aliphatic heterocycles. The van der Waals surface area contributed by atoms with E-state index in [1.807, 2.05) is 0 Å². The molecule has 0 bridgehead atoms. The standard InChI is InChI=1S/C10H18N2O2/c1-3-4-12(5-6-14-2)10(13)9-7-11-8-9/h3,9,11H,1,4-8H2,2H3. The second-order valence-electron chi connectivity index (χ2n) is 3.42. The molecule has 0 aromatic heterocycles. The molecule has 80 valence electrons. The minimum atomic E-state index is 0.159. The third-order valence-corrected chi connectivity index (χ3v) is 2.36. The van der Waals surface area contributed by atoms with Crippen molar-refractivity contribution in [1.29, 1.82) is 0 Å². The van der Waals surface area contributed by atoms with Crippen molar-refractivity contribution in [2.75, 3.05) is 39.9 Å². The molecule has 4 heteroatoms. The van der Waals surface area contributed by atoms with Gasteiger partial charge in [0.1, 0.15) is 0 Å². The summed E-state index contributed by atoms with van der Waals surface area (Å²) in [6, 6.07) is 0. The Labute approximate surface area is 84.9 Å². The Kier molecular flexibility index (Phi) is 4.62. The minimum absolute atomic E-state index is 0.159. The van der Waals surface area contributed by atoms with Crippen LogP contribution in [0.1, 0.15) is 0 Å². The topological polar surface area (TPSA) is 41.6 Å². The van der Waals surface area contributed by atoms with Crippen molar-refractivity contribution >= 4 is 5.91 Å². The van der Waals surface area contributed by atoms with Gasteiger partial charge < -0.3 is 15.0 Å². The maximum atomic E-state index is 11.8. The summed E-state index contributed by atoms with van der Waals surface area (Å²) in [5, 5.41) is 3.09. The summed E-state index contributed by atoms with van der Waals surface area (Å²) in [6.07, 6.45) is 1.75. The number of amides is 1. The van der Waals surface area contributed by atoms with Gasteiger partial charge in [0.15, 0.2) is 0 Å². The third kappa shape index (κ3) is 2.82. The largest absolute Gasteiger partial charge is 0.383 e. The van der Waals surface area contributed by atoms with Crippen LogP contribution in [0.2, 0.25) is 0 Å². The quantitative estimate of drug-likeness (QED) is 0.604. The molecule has 1 rings (SSSR count). The van der Waals surface area contributed by atoms with E-state index in [0.717, 1.165) is 13.1 Å². The maximum absolute atomic E-state index is 11.8. The van der Waals surface area contributed by atoms with Crippen LogP contribution < -0.4 is 5.32 Å². The van der Waals surface area contributed by atoms with E-state index in [1.165, 1.54) is 0 Å². The van der Waals surface area contributed by atoms with Crippen molar-refractivity contribution in [1.82, 2.24) is 10.2 Å². The summed E-state index contributed by atoms with van der Waals surface area (Å²) in [5.41, 5.74) is 0. The van der Waals surface area contributed by atoms with Gasteiger partial charge in [-0.2, -0.15) is 0 Å². The van der Waals surface area contributed by atoms with Crippen LogP contribution in [-0.2, 0) is 9.53 Å². The molecular formula is C10H18N2O2. The van der Waals surface area contributed by atoms with Crippen LogP contribution in [0.15, 0.2) is 12.7 Å². The highest BCUT2D eigenvalue weighted by Crippen LogP contribution is 2.08. The van der Waals surface area contributed by atoms with E-state index in [4.69, 9.17) is 4.74 Å². The highest BCUT2D eigenvalue weighted by molar-refractivity contribution is 5.80. The van der Waals surface area contributed by atoms with E-state index in [2.05, 4.69) is 11.9 Å². The lowest BCUT2D eigenvalue weighted by atomic mass is 10.0. The predicted octanol–water partition coefficient (Wildman–Crippen LogP) is -0.133. The van der Waals surface area contributed by atoms with Crippen molar-refractivity contribution in [2.24, 2.45) is 5.92 Å². The second kappa shape index (κ2) is 5.78. The van der Waals surface area contributed by atoms with Crippen LogP contribution in [0.3, 0.4) is 0 Å². The number of carbonyl (C=O) groups is 1. The molecule has 0 aromatic carbocycles. The number of rotatable bonds is 6. The van der Waals surface area contributed by atoms with Crippen LogP contribution in [-0.4, -0.2) is 50.7 Å². The van der Waals surface area contributed by atoms with Crippen molar-refractivity contribution < 1.29 is 9.53 Å². The number of hydrogen-bond acceptors (Lipinski definition) is 3. The van der Waals surface area contributed by atoms with Crippen molar-refractivity contribution in [3.63, 3.8) is 0 Å². The summed E-state index contributed by atoms with van der Waals surface area (Å²) in [4.78, 5) is 13.6. The molecular weight excluding hydrogens is 180 g/mol. The second-order valence-corrected chi connectivity index (χ2v) is 3.42. The fraction of sp³-hybridized carbons (Fsp3) is 0.700. The van der Waals surface area contributed by atoms with Gasteiger partial charge in [-0.3, -0.25) is 4.79 Å². The van der Waals surface area contributed by atoms with Gasteiger partial charge in [-0.25, -0.2) is 0 Å². The summed E-state index contributed by atoms with van der Waals surface area (Å²) in [5.74, 6) is 0.368. The van der Waals surface area contributed by atoms with E-state index >= 15 is 0 Å². The van der Waals surface area contributed by atoms with Crippen LogP contribution in [0.5, 0.6) is 0 Å². The van der Waals surface area contributed by atoms with Gasteiger partial charge in [-0.1, -0.05) is 6.08 Å².